The Morgan fingerprint density at radius 1 is 0.962 bits per heavy atom. The molecule has 1 aromatic carbocycles. The van der Waals surface area contributed by atoms with Crippen LogP contribution in [0.15, 0.2) is 54.7 Å². The number of fused-ring (bicyclic) bond motifs is 3. The zero-order valence-electron chi connectivity index (χ0n) is 14.3. The van der Waals surface area contributed by atoms with Gasteiger partial charge < -0.3 is 9.47 Å². The fraction of sp³-hybridized carbons (Fsp3) is 0.300. The fourth-order valence-corrected chi connectivity index (χ4v) is 4.19. The highest BCUT2D eigenvalue weighted by Crippen LogP contribution is 2.34. The molecule has 2 bridgehead atoms. The van der Waals surface area contributed by atoms with Crippen LogP contribution in [0.2, 0.25) is 0 Å². The predicted octanol–water partition coefficient (Wildman–Crippen LogP) is 2.57. The molecule has 0 N–H and O–H groups in total. The van der Waals surface area contributed by atoms with E-state index in [1.54, 1.807) is 12.3 Å². The SMILES string of the molecule is O=C(c1ccccn1)N1C2CCC1Cn1c(nnc1-c1ccccc1)C2. The second-order valence-electron chi connectivity index (χ2n) is 6.93. The lowest BCUT2D eigenvalue weighted by atomic mass is 10.1. The lowest BCUT2D eigenvalue weighted by Gasteiger charge is -2.27. The van der Waals surface area contributed by atoms with Gasteiger partial charge in [0, 0.05) is 30.8 Å². The Morgan fingerprint density at radius 2 is 1.77 bits per heavy atom. The normalized spacial score (nSPS) is 21.3. The van der Waals surface area contributed by atoms with Gasteiger partial charge in [0.2, 0.25) is 0 Å². The molecular formula is C20H19N5O. The Labute approximate surface area is 151 Å². The van der Waals surface area contributed by atoms with Gasteiger partial charge in [-0.2, -0.15) is 0 Å². The van der Waals surface area contributed by atoms with Crippen LogP contribution in [0, 0.1) is 0 Å². The molecule has 2 atom stereocenters. The van der Waals surface area contributed by atoms with E-state index in [1.807, 2.05) is 35.2 Å². The number of benzene rings is 1. The van der Waals surface area contributed by atoms with Crippen molar-refractivity contribution in [1.82, 2.24) is 24.6 Å². The molecule has 2 aliphatic heterocycles. The summed E-state index contributed by atoms with van der Waals surface area (Å²) in [4.78, 5) is 19.3. The molecule has 6 heteroatoms. The summed E-state index contributed by atoms with van der Waals surface area (Å²) in [7, 11) is 0. The van der Waals surface area contributed by atoms with Crippen LogP contribution in [0.4, 0.5) is 0 Å². The van der Waals surface area contributed by atoms with Crippen molar-refractivity contribution in [3.63, 3.8) is 0 Å². The molecule has 2 aromatic heterocycles. The lowest BCUT2D eigenvalue weighted by molar-refractivity contribution is 0.0659. The van der Waals surface area contributed by atoms with Crippen LogP contribution in [0.5, 0.6) is 0 Å². The van der Waals surface area contributed by atoms with Gasteiger partial charge in [0.15, 0.2) is 5.82 Å². The van der Waals surface area contributed by atoms with E-state index in [9.17, 15) is 4.79 Å². The third-order valence-electron chi connectivity index (χ3n) is 5.41. The second kappa shape index (κ2) is 6.05. The Balaban J connectivity index is 1.50. The molecule has 1 amide bonds. The number of aromatic nitrogens is 4. The molecule has 4 heterocycles. The van der Waals surface area contributed by atoms with Crippen molar-refractivity contribution in [2.75, 3.05) is 0 Å². The molecule has 0 radical (unpaired) electrons. The number of nitrogens with zero attached hydrogens (tertiary/aromatic N) is 5. The van der Waals surface area contributed by atoms with Crippen molar-refractivity contribution in [3.05, 3.63) is 66.2 Å². The average Bonchev–Trinajstić information content (AvgIpc) is 3.22. The highest BCUT2D eigenvalue weighted by Gasteiger charge is 2.41. The van der Waals surface area contributed by atoms with E-state index < -0.39 is 0 Å². The Hall–Kier alpha value is -3.02. The van der Waals surface area contributed by atoms with Gasteiger partial charge >= 0.3 is 0 Å². The zero-order chi connectivity index (χ0) is 17.5. The molecule has 6 nitrogen and oxygen atoms in total. The first-order valence-corrected chi connectivity index (χ1v) is 9.02. The van der Waals surface area contributed by atoms with E-state index in [4.69, 9.17) is 0 Å². The number of hydrogen-bond acceptors (Lipinski definition) is 4. The van der Waals surface area contributed by atoms with Crippen LogP contribution in [-0.4, -0.2) is 42.6 Å². The highest BCUT2D eigenvalue weighted by atomic mass is 16.2. The van der Waals surface area contributed by atoms with Crippen molar-refractivity contribution in [2.45, 2.75) is 37.9 Å². The fourth-order valence-electron chi connectivity index (χ4n) is 4.19. The first kappa shape index (κ1) is 15.3. The number of amides is 1. The number of hydrogen-bond donors (Lipinski definition) is 0. The van der Waals surface area contributed by atoms with Gasteiger partial charge in [0.1, 0.15) is 11.5 Å². The summed E-state index contributed by atoms with van der Waals surface area (Å²) < 4.78 is 2.19. The maximum Gasteiger partial charge on any atom is 0.273 e. The predicted molar refractivity (Wildman–Crippen MR) is 96.4 cm³/mol. The molecule has 1 fully saturated rings. The first-order valence-electron chi connectivity index (χ1n) is 9.02. The Morgan fingerprint density at radius 3 is 2.58 bits per heavy atom. The summed E-state index contributed by atoms with van der Waals surface area (Å²) in [5, 5.41) is 8.87. The Kier molecular flexibility index (Phi) is 3.55. The molecule has 0 spiro atoms. The van der Waals surface area contributed by atoms with Crippen LogP contribution in [-0.2, 0) is 13.0 Å². The van der Waals surface area contributed by atoms with Crippen LogP contribution in [0.1, 0.15) is 29.2 Å². The van der Waals surface area contributed by atoms with Gasteiger partial charge in [-0.3, -0.25) is 9.78 Å². The van der Waals surface area contributed by atoms with Crippen molar-refractivity contribution in [3.8, 4) is 11.4 Å². The Bertz CT molecular complexity index is 937. The topological polar surface area (TPSA) is 63.9 Å². The maximum absolute atomic E-state index is 13.1. The number of carbonyl (C=O) groups excluding carboxylic acids is 1. The summed E-state index contributed by atoms with van der Waals surface area (Å²) in [6.07, 6.45) is 4.44. The zero-order valence-corrected chi connectivity index (χ0v) is 14.3. The summed E-state index contributed by atoms with van der Waals surface area (Å²) in [5.74, 6) is 1.88. The van der Waals surface area contributed by atoms with Crippen LogP contribution in [0.25, 0.3) is 11.4 Å². The monoisotopic (exact) mass is 345 g/mol. The first-order chi connectivity index (χ1) is 12.8. The molecule has 1 saturated heterocycles. The lowest BCUT2D eigenvalue weighted by Crippen LogP contribution is -2.42. The summed E-state index contributed by atoms with van der Waals surface area (Å²) in [6, 6.07) is 15.9. The molecular weight excluding hydrogens is 326 g/mol. The molecule has 0 saturated carbocycles. The smallest absolute Gasteiger partial charge is 0.273 e. The minimum Gasteiger partial charge on any atom is -0.329 e. The van der Waals surface area contributed by atoms with Gasteiger partial charge in [-0.05, 0) is 25.0 Å². The van der Waals surface area contributed by atoms with E-state index in [0.717, 1.165) is 43.0 Å². The van der Waals surface area contributed by atoms with Crippen molar-refractivity contribution >= 4 is 5.91 Å². The molecule has 3 aromatic rings. The summed E-state index contributed by atoms with van der Waals surface area (Å²) >= 11 is 0. The number of pyridine rings is 1. The number of carbonyl (C=O) groups is 1. The van der Waals surface area contributed by atoms with Gasteiger partial charge in [-0.1, -0.05) is 36.4 Å². The van der Waals surface area contributed by atoms with Crippen LogP contribution < -0.4 is 0 Å². The van der Waals surface area contributed by atoms with Crippen molar-refractivity contribution in [1.29, 1.82) is 0 Å². The minimum atomic E-state index is 0.0260. The van der Waals surface area contributed by atoms with Crippen molar-refractivity contribution < 1.29 is 4.79 Å². The molecule has 130 valence electrons. The van der Waals surface area contributed by atoms with E-state index in [-0.39, 0.29) is 18.0 Å². The molecule has 5 rings (SSSR count). The highest BCUT2D eigenvalue weighted by molar-refractivity contribution is 5.93. The van der Waals surface area contributed by atoms with E-state index in [0.29, 0.717) is 5.69 Å². The molecule has 2 aliphatic rings. The third-order valence-corrected chi connectivity index (χ3v) is 5.41. The van der Waals surface area contributed by atoms with Crippen LogP contribution in [0.3, 0.4) is 0 Å². The van der Waals surface area contributed by atoms with Gasteiger partial charge in [0.05, 0.1) is 6.04 Å². The number of rotatable bonds is 2. The largest absolute Gasteiger partial charge is 0.329 e. The standard InChI is InChI=1S/C20H19N5O/c26-20(17-8-4-5-11-21-17)25-15-9-10-16(25)13-24-18(12-15)22-23-19(24)14-6-2-1-3-7-14/h1-8,11,15-16H,9-10,12-13H2. The third kappa shape index (κ3) is 2.41. The van der Waals surface area contributed by atoms with Crippen molar-refractivity contribution in [2.24, 2.45) is 0 Å². The summed E-state index contributed by atoms with van der Waals surface area (Å²) in [5.41, 5.74) is 1.58. The van der Waals surface area contributed by atoms with E-state index in [2.05, 4.69) is 31.9 Å². The van der Waals surface area contributed by atoms with E-state index in [1.165, 1.54) is 0 Å². The van der Waals surface area contributed by atoms with Gasteiger partial charge in [-0.15, -0.1) is 10.2 Å². The molecule has 26 heavy (non-hydrogen) atoms. The summed E-state index contributed by atoms with van der Waals surface area (Å²) in [6.45, 7) is 0.738. The maximum atomic E-state index is 13.1. The van der Waals surface area contributed by atoms with Gasteiger partial charge in [-0.25, -0.2) is 0 Å². The van der Waals surface area contributed by atoms with Crippen LogP contribution >= 0.6 is 0 Å². The second-order valence-corrected chi connectivity index (χ2v) is 6.93. The van der Waals surface area contributed by atoms with Gasteiger partial charge in [0.25, 0.3) is 5.91 Å². The quantitative estimate of drug-likeness (QED) is 0.716. The molecule has 2 unspecified atom stereocenters. The minimum absolute atomic E-state index is 0.0260. The molecule has 0 aliphatic carbocycles. The average molecular weight is 345 g/mol. The van der Waals surface area contributed by atoms with E-state index >= 15 is 0 Å².